The van der Waals surface area contributed by atoms with Gasteiger partial charge < -0.3 is 9.80 Å². The molecule has 3 nitrogen and oxygen atoms in total. The van der Waals surface area contributed by atoms with Crippen molar-refractivity contribution in [2.75, 3.05) is 26.2 Å². The summed E-state index contributed by atoms with van der Waals surface area (Å²) in [5, 5.41) is 0. The quantitative estimate of drug-likeness (QED) is 0.743. The summed E-state index contributed by atoms with van der Waals surface area (Å²) >= 11 is 3.47. The van der Waals surface area contributed by atoms with E-state index >= 15 is 0 Å². The maximum atomic E-state index is 12.8. The summed E-state index contributed by atoms with van der Waals surface area (Å²) in [5.74, 6) is 1.61. The number of carbonyl (C=O) groups is 1. The van der Waals surface area contributed by atoms with Gasteiger partial charge in [0.2, 0.25) is 0 Å². The molecule has 1 saturated heterocycles. The Morgan fingerprint density at radius 2 is 1.88 bits per heavy atom. The van der Waals surface area contributed by atoms with E-state index in [9.17, 15) is 4.79 Å². The molecule has 0 N–H and O–H groups in total. The third-order valence-electron chi connectivity index (χ3n) is 5.34. The second-order valence-electron chi connectivity index (χ2n) is 7.35. The Morgan fingerprint density at radius 3 is 2.50 bits per heavy atom. The Kier molecular flexibility index (Phi) is 5.33. The topological polar surface area (TPSA) is 23.6 Å². The van der Waals surface area contributed by atoms with Crippen LogP contribution in [0, 0.1) is 18.8 Å². The third kappa shape index (κ3) is 3.69. The first-order chi connectivity index (χ1) is 11.5. The number of carbonyl (C=O) groups excluding carboxylic acids is 1. The molecule has 0 aromatic heterocycles. The molecular formula is C20H27BrN2O. The summed E-state index contributed by atoms with van der Waals surface area (Å²) in [6.45, 7) is 10.2. The monoisotopic (exact) mass is 390 g/mol. The van der Waals surface area contributed by atoms with Gasteiger partial charge in [-0.25, -0.2) is 0 Å². The minimum Gasteiger partial charge on any atom is -0.371 e. The molecule has 0 spiro atoms. The van der Waals surface area contributed by atoms with Crippen LogP contribution in [0.2, 0.25) is 0 Å². The molecule has 2 unspecified atom stereocenters. The largest absolute Gasteiger partial charge is 0.371 e. The van der Waals surface area contributed by atoms with E-state index in [-0.39, 0.29) is 5.91 Å². The number of allylic oxidation sites excluding steroid dienone is 2. The standard InChI is InChI=1S/C20H27BrN2O/c1-14-4-7-19(16(3)12-14)22-8-10-23(11-9-22)20(24)18-6-5-17(21)13-15(18)2/h5-7,13-14,16H,4,8-12H2,1-3H3. The lowest BCUT2D eigenvalue weighted by Gasteiger charge is -2.41. The molecule has 1 aromatic rings. The van der Waals surface area contributed by atoms with Gasteiger partial charge in [-0.1, -0.05) is 35.9 Å². The van der Waals surface area contributed by atoms with E-state index in [1.54, 1.807) is 0 Å². The lowest BCUT2D eigenvalue weighted by atomic mass is 9.85. The van der Waals surface area contributed by atoms with Crippen molar-refractivity contribution >= 4 is 21.8 Å². The summed E-state index contributed by atoms with van der Waals surface area (Å²) in [6, 6.07) is 5.90. The fourth-order valence-electron chi connectivity index (χ4n) is 3.99. The van der Waals surface area contributed by atoms with Crippen molar-refractivity contribution in [2.24, 2.45) is 11.8 Å². The summed E-state index contributed by atoms with van der Waals surface area (Å²) in [5.41, 5.74) is 3.36. The molecule has 1 aliphatic heterocycles. The lowest BCUT2D eigenvalue weighted by molar-refractivity contribution is 0.0655. The first-order valence-corrected chi connectivity index (χ1v) is 9.75. The van der Waals surface area contributed by atoms with E-state index in [1.807, 2.05) is 30.0 Å². The van der Waals surface area contributed by atoms with Crippen LogP contribution in [0.5, 0.6) is 0 Å². The first-order valence-electron chi connectivity index (χ1n) is 8.96. The number of aryl methyl sites for hydroxylation is 1. The van der Waals surface area contributed by atoms with E-state index < -0.39 is 0 Å². The van der Waals surface area contributed by atoms with Gasteiger partial charge in [0.25, 0.3) is 5.91 Å². The van der Waals surface area contributed by atoms with Gasteiger partial charge in [-0.05, 0) is 55.4 Å². The molecule has 1 amide bonds. The Balaban J connectivity index is 1.63. The molecule has 4 heteroatoms. The van der Waals surface area contributed by atoms with Crippen molar-refractivity contribution in [1.82, 2.24) is 9.80 Å². The number of piperazine rings is 1. The molecule has 2 aliphatic rings. The molecule has 1 aromatic carbocycles. The van der Waals surface area contributed by atoms with Gasteiger partial charge in [0.05, 0.1) is 0 Å². The lowest BCUT2D eigenvalue weighted by Crippen LogP contribution is -2.49. The fourth-order valence-corrected chi connectivity index (χ4v) is 4.47. The predicted molar refractivity (Wildman–Crippen MR) is 102 cm³/mol. The van der Waals surface area contributed by atoms with E-state index in [0.29, 0.717) is 5.92 Å². The van der Waals surface area contributed by atoms with Crippen LogP contribution in [0.1, 0.15) is 42.6 Å². The maximum Gasteiger partial charge on any atom is 0.254 e. The number of halogens is 1. The van der Waals surface area contributed by atoms with E-state index in [1.165, 1.54) is 18.5 Å². The number of rotatable bonds is 2. The molecule has 1 fully saturated rings. The van der Waals surface area contributed by atoms with E-state index in [2.05, 4.69) is 40.8 Å². The zero-order valence-corrected chi connectivity index (χ0v) is 16.5. The third-order valence-corrected chi connectivity index (χ3v) is 5.83. The normalized spacial score (nSPS) is 24.8. The van der Waals surface area contributed by atoms with Gasteiger partial charge >= 0.3 is 0 Å². The van der Waals surface area contributed by atoms with Crippen molar-refractivity contribution in [1.29, 1.82) is 0 Å². The van der Waals surface area contributed by atoms with Gasteiger partial charge in [-0.3, -0.25) is 4.79 Å². The average molecular weight is 391 g/mol. The zero-order valence-electron chi connectivity index (χ0n) is 14.9. The van der Waals surface area contributed by atoms with Crippen LogP contribution >= 0.6 is 15.9 Å². The van der Waals surface area contributed by atoms with Crippen molar-refractivity contribution in [2.45, 2.75) is 33.6 Å². The highest BCUT2D eigenvalue weighted by atomic mass is 79.9. The SMILES string of the molecule is Cc1cc(Br)ccc1C(=O)N1CCN(C2=CCC(C)CC2C)CC1. The van der Waals surface area contributed by atoms with Crippen LogP contribution in [-0.2, 0) is 0 Å². The number of hydrogen-bond acceptors (Lipinski definition) is 2. The second kappa shape index (κ2) is 7.30. The van der Waals surface area contributed by atoms with Crippen LogP contribution in [0.25, 0.3) is 0 Å². The summed E-state index contributed by atoms with van der Waals surface area (Å²) in [6.07, 6.45) is 4.90. The zero-order chi connectivity index (χ0) is 17.3. The molecule has 3 rings (SSSR count). The highest BCUT2D eigenvalue weighted by Crippen LogP contribution is 2.31. The van der Waals surface area contributed by atoms with Gasteiger partial charge in [0.1, 0.15) is 0 Å². The van der Waals surface area contributed by atoms with Gasteiger partial charge in [0, 0.05) is 41.9 Å². The van der Waals surface area contributed by atoms with E-state index in [0.717, 1.165) is 47.7 Å². The molecule has 0 bridgehead atoms. The molecule has 24 heavy (non-hydrogen) atoms. The fraction of sp³-hybridized carbons (Fsp3) is 0.550. The Hall–Kier alpha value is -1.29. The van der Waals surface area contributed by atoms with Crippen molar-refractivity contribution < 1.29 is 4.79 Å². The molecule has 0 saturated carbocycles. The van der Waals surface area contributed by atoms with Crippen LogP contribution in [0.3, 0.4) is 0 Å². The summed E-state index contributed by atoms with van der Waals surface area (Å²) in [7, 11) is 0. The summed E-state index contributed by atoms with van der Waals surface area (Å²) < 4.78 is 1.02. The smallest absolute Gasteiger partial charge is 0.254 e. The maximum absolute atomic E-state index is 12.8. The highest BCUT2D eigenvalue weighted by molar-refractivity contribution is 9.10. The number of hydrogen-bond donors (Lipinski definition) is 0. The Morgan fingerprint density at radius 1 is 1.17 bits per heavy atom. The van der Waals surface area contributed by atoms with Crippen LogP contribution < -0.4 is 0 Å². The molecule has 2 atom stereocenters. The Labute approximate surface area is 153 Å². The first kappa shape index (κ1) is 17.5. The number of amides is 1. The van der Waals surface area contributed by atoms with Gasteiger partial charge in [-0.2, -0.15) is 0 Å². The molecular weight excluding hydrogens is 364 g/mol. The van der Waals surface area contributed by atoms with Crippen molar-refractivity contribution in [3.63, 3.8) is 0 Å². The van der Waals surface area contributed by atoms with Gasteiger partial charge in [0.15, 0.2) is 0 Å². The van der Waals surface area contributed by atoms with Gasteiger partial charge in [-0.15, -0.1) is 0 Å². The van der Waals surface area contributed by atoms with E-state index in [4.69, 9.17) is 0 Å². The van der Waals surface area contributed by atoms with Crippen molar-refractivity contribution in [3.05, 3.63) is 45.6 Å². The van der Waals surface area contributed by atoms with Crippen molar-refractivity contribution in [3.8, 4) is 0 Å². The Bertz CT molecular complexity index is 647. The van der Waals surface area contributed by atoms with Crippen LogP contribution in [-0.4, -0.2) is 41.9 Å². The molecule has 0 radical (unpaired) electrons. The minimum atomic E-state index is 0.166. The molecule has 1 aliphatic carbocycles. The van der Waals surface area contributed by atoms with Crippen LogP contribution in [0.15, 0.2) is 34.4 Å². The van der Waals surface area contributed by atoms with Crippen LogP contribution in [0.4, 0.5) is 0 Å². The number of nitrogens with zero attached hydrogens (tertiary/aromatic N) is 2. The average Bonchev–Trinajstić information content (AvgIpc) is 2.54. The molecule has 1 heterocycles. The molecule has 130 valence electrons. The highest BCUT2D eigenvalue weighted by Gasteiger charge is 2.27. The minimum absolute atomic E-state index is 0.166. The second-order valence-corrected chi connectivity index (χ2v) is 8.26. The summed E-state index contributed by atoms with van der Waals surface area (Å²) in [4.78, 5) is 17.3. The predicted octanol–water partition coefficient (Wildman–Crippen LogP) is 4.47. The number of benzene rings is 1.